The van der Waals surface area contributed by atoms with Gasteiger partial charge in [0.05, 0.1) is 7.05 Å². The molecule has 15 heavy (non-hydrogen) atoms. The van der Waals surface area contributed by atoms with Gasteiger partial charge in [0, 0.05) is 11.8 Å². The normalized spacial score (nSPS) is 19.6. The van der Waals surface area contributed by atoms with Crippen LogP contribution in [0.5, 0.6) is 0 Å². The summed E-state index contributed by atoms with van der Waals surface area (Å²) in [5.74, 6) is 1.52. The second-order valence-electron chi connectivity index (χ2n) is 4.29. The van der Waals surface area contributed by atoms with Gasteiger partial charge < -0.3 is 0 Å². The lowest BCUT2D eigenvalue weighted by molar-refractivity contribution is 0.488. The number of rotatable bonds is 4. The van der Waals surface area contributed by atoms with E-state index in [9.17, 15) is 0 Å². The maximum Gasteiger partial charge on any atom is 0.174 e. The SMILES string of the molecule is Cn1nnc(CCC(Cl)C2CCCC2)n1. The third kappa shape index (κ3) is 2.91. The van der Waals surface area contributed by atoms with Crippen LogP contribution in [-0.2, 0) is 13.5 Å². The molecule has 1 fully saturated rings. The third-order valence-electron chi connectivity index (χ3n) is 3.10. The quantitative estimate of drug-likeness (QED) is 0.740. The van der Waals surface area contributed by atoms with Gasteiger partial charge in [0.2, 0.25) is 0 Å². The average Bonchev–Trinajstić information content (AvgIpc) is 2.84. The Balaban J connectivity index is 1.77. The summed E-state index contributed by atoms with van der Waals surface area (Å²) < 4.78 is 0. The van der Waals surface area contributed by atoms with E-state index in [2.05, 4.69) is 15.4 Å². The minimum absolute atomic E-state index is 0.288. The fourth-order valence-corrected chi connectivity index (χ4v) is 2.61. The molecule has 0 bridgehead atoms. The molecule has 0 aliphatic heterocycles. The van der Waals surface area contributed by atoms with Crippen molar-refractivity contribution in [3.63, 3.8) is 0 Å². The summed E-state index contributed by atoms with van der Waals surface area (Å²) in [6.45, 7) is 0. The fraction of sp³-hybridized carbons (Fsp3) is 0.900. The predicted molar refractivity (Wildman–Crippen MR) is 58.7 cm³/mol. The molecule has 0 amide bonds. The zero-order valence-corrected chi connectivity index (χ0v) is 9.82. The summed E-state index contributed by atoms with van der Waals surface area (Å²) in [6, 6.07) is 0. The van der Waals surface area contributed by atoms with E-state index in [1.807, 2.05) is 0 Å². The Morgan fingerprint density at radius 2 is 2.20 bits per heavy atom. The highest BCUT2D eigenvalue weighted by atomic mass is 35.5. The van der Waals surface area contributed by atoms with Crippen LogP contribution in [0.25, 0.3) is 0 Å². The predicted octanol–water partition coefficient (Wildman–Crippen LogP) is 1.94. The Morgan fingerprint density at radius 3 is 2.80 bits per heavy atom. The molecule has 5 heteroatoms. The van der Waals surface area contributed by atoms with E-state index in [0.29, 0.717) is 5.92 Å². The van der Waals surface area contributed by atoms with Crippen LogP contribution < -0.4 is 0 Å². The first-order chi connectivity index (χ1) is 7.25. The molecule has 0 saturated heterocycles. The van der Waals surface area contributed by atoms with E-state index < -0.39 is 0 Å². The molecule has 1 unspecified atom stereocenters. The van der Waals surface area contributed by atoms with Crippen molar-refractivity contribution in [1.29, 1.82) is 0 Å². The topological polar surface area (TPSA) is 43.6 Å². The van der Waals surface area contributed by atoms with Crippen LogP contribution in [0.3, 0.4) is 0 Å². The van der Waals surface area contributed by atoms with E-state index in [-0.39, 0.29) is 5.38 Å². The lowest BCUT2D eigenvalue weighted by atomic mass is 10.00. The second kappa shape index (κ2) is 4.92. The zero-order valence-electron chi connectivity index (χ0n) is 9.06. The number of aromatic nitrogens is 4. The number of hydrogen-bond donors (Lipinski definition) is 0. The number of tetrazole rings is 1. The van der Waals surface area contributed by atoms with Crippen molar-refractivity contribution in [1.82, 2.24) is 20.2 Å². The minimum Gasteiger partial charge on any atom is -0.167 e. The molecule has 0 spiro atoms. The minimum atomic E-state index is 0.288. The molecule has 84 valence electrons. The van der Waals surface area contributed by atoms with Gasteiger partial charge in [-0.1, -0.05) is 12.8 Å². The van der Waals surface area contributed by atoms with Crippen molar-refractivity contribution in [3.8, 4) is 0 Å². The fourth-order valence-electron chi connectivity index (χ4n) is 2.25. The Bertz CT molecular complexity index is 306. The smallest absolute Gasteiger partial charge is 0.167 e. The standard InChI is InChI=1S/C10H17ClN4/c1-15-13-10(12-14-15)7-6-9(11)8-4-2-3-5-8/h8-9H,2-7H2,1H3. The zero-order chi connectivity index (χ0) is 10.7. The summed E-state index contributed by atoms with van der Waals surface area (Å²) in [5.41, 5.74) is 0. The van der Waals surface area contributed by atoms with Crippen molar-refractivity contribution in [2.75, 3.05) is 0 Å². The van der Waals surface area contributed by atoms with Gasteiger partial charge in [-0.05, 0) is 30.4 Å². The first-order valence-corrected chi connectivity index (χ1v) is 6.06. The van der Waals surface area contributed by atoms with Crippen LogP contribution in [-0.4, -0.2) is 25.6 Å². The summed E-state index contributed by atoms with van der Waals surface area (Å²) in [6.07, 6.45) is 7.09. The van der Waals surface area contributed by atoms with E-state index in [1.165, 1.54) is 30.5 Å². The van der Waals surface area contributed by atoms with Crippen LogP contribution in [0.1, 0.15) is 37.9 Å². The first-order valence-electron chi connectivity index (χ1n) is 5.62. The van der Waals surface area contributed by atoms with Gasteiger partial charge in [-0.3, -0.25) is 0 Å². The van der Waals surface area contributed by atoms with Crippen molar-refractivity contribution in [2.45, 2.75) is 43.9 Å². The van der Waals surface area contributed by atoms with E-state index in [1.54, 1.807) is 7.05 Å². The Labute approximate surface area is 95.0 Å². The maximum absolute atomic E-state index is 6.36. The van der Waals surface area contributed by atoms with Crippen molar-refractivity contribution in [3.05, 3.63) is 5.82 Å². The molecule has 1 aromatic rings. The van der Waals surface area contributed by atoms with Crippen molar-refractivity contribution in [2.24, 2.45) is 13.0 Å². The van der Waals surface area contributed by atoms with Gasteiger partial charge in [0.25, 0.3) is 0 Å². The van der Waals surface area contributed by atoms with Gasteiger partial charge in [-0.15, -0.1) is 21.8 Å². The second-order valence-corrected chi connectivity index (χ2v) is 4.85. The van der Waals surface area contributed by atoms with Crippen LogP contribution in [0.15, 0.2) is 0 Å². The molecule has 1 aliphatic carbocycles. The molecular weight excluding hydrogens is 212 g/mol. The van der Waals surface area contributed by atoms with Crippen LogP contribution in [0, 0.1) is 5.92 Å². The van der Waals surface area contributed by atoms with Crippen LogP contribution in [0.2, 0.25) is 0 Å². The highest BCUT2D eigenvalue weighted by Gasteiger charge is 2.23. The monoisotopic (exact) mass is 228 g/mol. The number of alkyl halides is 1. The number of nitrogens with zero attached hydrogens (tertiary/aromatic N) is 4. The van der Waals surface area contributed by atoms with Crippen LogP contribution >= 0.6 is 11.6 Å². The van der Waals surface area contributed by atoms with Gasteiger partial charge >= 0.3 is 0 Å². The largest absolute Gasteiger partial charge is 0.174 e. The molecule has 0 aromatic carbocycles. The number of aryl methyl sites for hydroxylation is 2. The average molecular weight is 229 g/mol. The Morgan fingerprint density at radius 1 is 1.47 bits per heavy atom. The highest BCUT2D eigenvalue weighted by Crippen LogP contribution is 2.32. The molecule has 1 heterocycles. The maximum atomic E-state index is 6.36. The Kier molecular flexibility index (Phi) is 3.57. The Hall–Kier alpha value is -0.640. The van der Waals surface area contributed by atoms with E-state index >= 15 is 0 Å². The first kappa shape index (κ1) is 10.9. The van der Waals surface area contributed by atoms with Crippen LogP contribution in [0.4, 0.5) is 0 Å². The molecule has 1 atom stereocenters. The van der Waals surface area contributed by atoms with E-state index in [0.717, 1.165) is 18.7 Å². The van der Waals surface area contributed by atoms with Gasteiger partial charge in [0.15, 0.2) is 5.82 Å². The molecule has 0 N–H and O–H groups in total. The number of hydrogen-bond acceptors (Lipinski definition) is 3. The van der Waals surface area contributed by atoms with Gasteiger partial charge in [0.1, 0.15) is 0 Å². The highest BCUT2D eigenvalue weighted by molar-refractivity contribution is 6.20. The molecule has 4 nitrogen and oxygen atoms in total. The van der Waals surface area contributed by atoms with Gasteiger partial charge in [-0.25, -0.2) is 0 Å². The summed E-state index contributed by atoms with van der Waals surface area (Å²) in [4.78, 5) is 1.49. The van der Waals surface area contributed by atoms with Crippen molar-refractivity contribution < 1.29 is 0 Å². The lowest BCUT2D eigenvalue weighted by Gasteiger charge is -2.15. The molecule has 1 aliphatic rings. The molecular formula is C10H17ClN4. The molecule has 2 rings (SSSR count). The molecule has 0 radical (unpaired) electrons. The third-order valence-corrected chi connectivity index (χ3v) is 3.68. The lowest BCUT2D eigenvalue weighted by Crippen LogP contribution is -2.12. The molecule has 1 aromatic heterocycles. The summed E-state index contributed by atoms with van der Waals surface area (Å²) in [5, 5.41) is 12.2. The summed E-state index contributed by atoms with van der Waals surface area (Å²) in [7, 11) is 1.78. The van der Waals surface area contributed by atoms with Crippen molar-refractivity contribution >= 4 is 11.6 Å². The number of halogens is 1. The summed E-state index contributed by atoms with van der Waals surface area (Å²) >= 11 is 6.36. The van der Waals surface area contributed by atoms with Gasteiger partial charge in [-0.2, -0.15) is 4.80 Å². The van der Waals surface area contributed by atoms with E-state index in [4.69, 9.17) is 11.6 Å². The molecule has 1 saturated carbocycles.